The van der Waals surface area contributed by atoms with Crippen molar-refractivity contribution in [2.45, 2.75) is 64.5 Å². The third kappa shape index (κ3) is 9.27. The van der Waals surface area contributed by atoms with Crippen molar-refractivity contribution in [3.05, 3.63) is 101 Å². The molecule has 5 heteroatoms. The minimum atomic E-state index is -0.130. The van der Waals surface area contributed by atoms with Gasteiger partial charge in [0.15, 0.2) is 12.1 Å². The van der Waals surface area contributed by atoms with Crippen LogP contribution in [0.3, 0.4) is 0 Å². The van der Waals surface area contributed by atoms with Gasteiger partial charge in [0, 0.05) is 18.7 Å². The van der Waals surface area contributed by atoms with E-state index in [1.54, 1.807) is 0 Å². The molecule has 0 radical (unpaired) electrons. The molecule has 2 N–H and O–H groups in total. The van der Waals surface area contributed by atoms with E-state index in [1.165, 1.54) is 35.7 Å². The van der Waals surface area contributed by atoms with Gasteiger partial charge in [-0.05, 0) is 60.6 Å². The minimum absolute atomic E-state index is 0.0317. The Kier molecular flexibility index (Phi) is 12.0. The Bertz CT molecular complexity index is 1110. The van der Waals surface area contributed by atoms with E-state index in [9.17, 15) is 14.7 Å². The van der Waals surface area contributed by atoms with Crippen LogP contribution in [0, 0.1) is 0 Å². The second kappa shape index (κ2) is 15.7. The van der Waals surface area contributed by atoms with E-state index in [2.05, 4.69) is 48.6 Å². The van der Waals surface area contributed by atoms with E-state index >= 15 is 0 Å². The lowest BCUT2D eigenvalue weighted by atomic mass is 9.97. The number of hydrogen-bond donors (Lipinski definition) is 2. The fourth-order valence-corrected chi connectivity index (χ4v) is 4.45. The standard InChI is InChI=1S/C32H39NO4/c1-2-3-5-17-32(37-20-11-10-14-25-12-6-4-7-13-25)29-16-9-8-15-27(29)22-33-23-31(36)26-18-19-30(35)28(21-26)24-34/h4,6-9,12-13,15-16,18-19,21,24,32-33,35H,2-3,5,10-11,14,17,20,22-23H2,1H3. The lowest BCUT2D eigenvalue weighted by molar-refractivity contribution is 0.0419. The van der Waals surface area contributed by atoms with E-state index in [1.807, 2.05) is 18.2 Å². The molecular weight excluding hydrogens is 462 g/mol. The Morgan fingerprint density at radius 3 is 2.54 bits per heavy atom. The molecule has 3 aromatic carbocycles. The molecule has 37 heavy (non-hydrogen) atoms. The molecule has 0 bridgehead atoms. The van der Waals surface area contributed by atoms with Gasteiger partial charge in [-0.25, -0.2) is 0 Å². The van der Waals surface area contributed by atoms with Gasteiger partial charge in [-0.2, -0.15) is 0 Å². The zero-order valence-corrected chi connectivity index (χ0v) is 21.8. The molecular formula is C32H39NO4. The number of phenols is 1. The van der Waals surface area contributed by atoms with E-state index in [-0.39, 0.29) is 29.7 Å². The Labute approximate surface area is 220 Å². The molecule has 1 unspecified atom stereocenters. The average molecular weight is 502 g/mol. The summed E-state index contributed by atoms with van der Waals surface area (Å²) in [6.07, 6.45) is 8.20. The highest BCUT2D eigenvalue weighted by atomic mass is 16.5. The molecule has 1 atom stereocenters. The summed E-state index contributed by atoms with van der Waals surface area (Å²) < 4.78 is 6.44. The Hall–Kier alpha value is -3.28. The number of phenolic OH excluding ortho intramolecular Hbond substituents is 1. The van der Waals surface area contributed by atoms with Crippen LogP contribution in [0.25, 0.3) is 0 Å². The van der Waals surface area contributed by atoms with Crippen LogP contribution in [-0.4, -0.2) is 30.3 Å². The quantitative estimate of drug-likeness (QED) is 0.120. The zero-order valence-electron chi connectivity index (χ0n) is 21.8. The van der Waals surface area contributed by atoms with Crippen LogP contribution >= 0.6 is 0 Å². The highest BCUT2D eigenvalue weighted by molar-refractivity contribution is 5.99. The van der Waals surface area contributed by atoms with E-state index in [0.717, 1.165) is 50.7 Å². The predicted octanol–water partition coefficient (Wildman–Crippen LogP) is 6.84. The van der Waals surface area contributed by atoms with Gasteiger partial charge in [-0.3, -0.25) is 9.59 Å². The van der Waals surface area contributed by atoms with E-state index in [4.69, 9.17) is 4.74 Å². The molecule has 0 aliphatic rings. The van der Waals surface area contributed by atoms with Crippen LogP contribution in [0.15, 0.2) is 72.8 Å². The van der Waals surface area contributed by atoms with Crippen LogP contribution in [0.5, 0.6) is 5.75 Å². The predicted molar refractivity (Wildman–Crippen MR) is 148 cm³/mol. The summed E-state index contributed by atoms with van der Waals surface area (Å²) in [5, 5.41) is 12.9. The van der Waals surface area contributed by atoms with Crippen molar-refractivity contribution in [1.82, 2.24) is 5.32 Å². The van der Waals surface area contributed by atoms with Crippen molar-refractivity contribution < 1.29 is 19.4 Å². The molecule has 0 aromatic heterocycles. The number of ether oxygens (including phenoxy) is 1. The first-order valence-corrected chi connectivity index (χ1v) is 13.4. The molecule has 3 aromatic rings. The summed E-state index contributed by atoms with van der Waals surface area (Å²) in [5.74, 6) is -0.252. The van der Waals surface area contributed by atoms with Crippen LogP contribution in [0.1, 0.15) is 89.0 Å². The summed E-state index contributed by atoms with van der Waals surface area (Å²) in [6, 6.07) is 23.2. The number of ketones is 1. The van der Waals surface area contributed by atoms with Gasteiger partial charge in [-0.1, -0.05) is 80.8 Å². The number of aryl methyl sites for hydroxylation is 1. The molecule has 196 valence electrons. The second-order valence-corrected chi connectivity index (χ2v) is 9.41. The Morgan fingerprint density at radius 1 is 0.973 bits per heavy atom. The van der Waals surface area contributed by atoms with Gasteiger partial charge in [0.25, 0.3) is 0 Å². The number of rotatable bonds is 17. The number of benzene rings is 3. The van der Waals surface area contributed by atoms with Crippen molar-refractivity contribution in [2.24, 2.45) is 0 Å². The summed E-state index contributed by atoms with van der Waals surface area (Å²) in [6.45, 7) is 3.62. The van der Waals surface area contributed by atoms with Crippen molar-refractivity contribution in [2.75, 3.05) is 13.2 Å². The zero-order chi connectivity index (χ0) is 26.3. The van der Waals surface area contributed by atoms with Crippen LogP contribution in [0.4, 0.5) is 0 Å². The third-order valence-corrected chi connectivity index (χ3v) is 6.57. The van der Waals surface area contributed by atoms with Gasteiger partial charge in [0.2, 0.25) is 0 Å². The Balaban J connectivity index is 1.56. The van der Waals surface area contributed by atoms with E-state index < -0.39 is 0 Å². The molecule has 0 heterocycles. The van der Waals surface area contributed by atoms with Crippen molar-refractivity contribution >= 4 is 12.1 Å². The molecule has 0 aliphatic carbocycles. The largest absolute Gasteiger partial charge is 0.507 e. The fraction of sp³-hybridized carbons (Fsp3) is 0.375. The summed E-state index contributed by atoms with van der Waals surface area (Å²) in [4.78, 5) is 23.7. The monoisotopic (exact) mass is 501 g/mol. The maximum Gasteiger partial charge on any atom is 0.176 e. The minimum Gasteiger partial charge on any atom is -0.507 e. The topological polar surface area (TPSA) is 75.6 Å². The summed E-state index contributed by atoms with van der Waals surface area (Å²) in [5.41, 5.74) is 4.18. The molecule has 0 saturated carbocycles. The lowest BCUT2D eigenvalue weighted by Gasteiger charge is -2.22. The number of carbonyl (C=O) groups excluding carboxylic acids is 2. The molecule has 0 fully saturated rings. The highest BCUT2D eigenvalue weighted by Crippen LogP contribution is 2.28. The van der Waals surface area contributed by atoms with Gasteiger partial charge in [0.05, 0.1) is 18.2 Å². The van der Waals surface area contributed by atoms with Gasteiger partial charge < -0.3 is 15.2 Å². The number of unbranched alkanes of at least 4 members (excludes halogenated alkanes) is 3. The number of Topliss-reactive ketones (excluding diaryl/α,β-unsaturated/α-hetero) is 1. The van der Waals surface area contributed by atoms with Crippen molar-refractivity contribution in [1.29, 1.82) is 0 Å². The number of aldehydes is 1. The normalized spacial score (nSPS) is 11.8. The van der Waals surface area contributed by atoms with Gasteiger partial charge in [0.1, 0.15) is 5.75 Å². The van der Waals surface area contributed by atoms with Gasteiger partial charge in [-0.15, -0.1) is 0 Å². The number of nitrogens with one attached hydrogen (secondary N) is 1. The maximum atomic E-state index is 12.6. The average Bonchev–Trinajstić information content (AvgIpc) is 2.93. The molecule has 5 nitrogen and oxygen atoms in total. The van der Waals surface area contributed by atoms with Crippen molar-refractivity contribution in [3.63, 3.8) is 0 Å². The second-order valence-electron chi connectivity index (χ2n) is 9.41. The molecule has 3 rings (SSSR count). The first-order chi connectivity index (χ1) is 18.1. The van der Waals surface area contributed by atoms with Crippen LogP contribution in [0.2, 0.25) is 0 Å². The highest BCUT2D eigenvalue weighted by Gasteiger charge is 2.16. The summed E-state index contributed by atoms with van der Waals surface area (Å²) >= 11 is 0. The number of carbonyl (C=O) groups is 2. The molecule has 0 spiro atoms. The molecule has 0 saturated heterocycles. The molecule has 0 amide bonds. The summed E-state index contributed by atoms with van der Waals surface area (Å²) in [7, 11) is 0. The molecule has 0 aliphatic heterocycles. The maximum absolute atomic E-state index is 12.6. The number of aromatic hydroxyl groups is 1. The first kappa shape index (κ1) is 28.3. The third-order valence-electron chi connectivity index (χ3n) is 6.57. The lowest BCUT2D eigenvalue weighted by Crippen LogP contribution is -2.23. The van der Waals surface area contributed by atoms with Gasteiger partial charge >= 0.3 is 0 Å². The smallest absolute Gasteiger partial charge is 0.176 e. The Morgan fingerprint density at radius 2 is 1.76 bits per heavy atom. The van der Waals surface area contributed by atoms with Crippen LogP contribution < -0.4 is 5.32 Å². The SMILES string of the molecule is CCCCCC(OCCCCc1ccccc1)c1ccccc1CNCC(=O)c1ccc(O)c(C=O)c1. The first-order valence-electron chi connectivity index (χ1n) is 13.4. The van der Waals surface area contributed by atoms with E-state index in [0.29, 0.717) is 18.4 Å². The van der Waals surface area contributed by atoms with Crippen LogP contribution in [-0.2, 0) is 17.7 Å². The fourth-order valence-electron chi connectivity index (χ4n) is 4.45. The van der Waals surface area contributed by atoms with Crippen molar-refractivity contribution in [3.8, 4) is 5.75 Å². The number of hydrogen-bond acceptors (Lipinski definition) is 5.